The third-order valence-electron chi connectivity index (χ3n) is 4.87. The Balaban J connectivity index is 1.54. The van der Waals surface area contributed by atoms with Gasteiger partial charge < -0.3 is 10.0 Å². The molecule has 1 aliphatic heterocycles. The second-order valence-electron chi connectivity index (χ2n) is 6.46. The minimum Gasteiger partial charge on any atom is -0.395 e. The largest absolute Gasteiger partial charge is 0.416 e. The molecule has 2 atom stereocenters. The van der Waals surface area contributed by atoms with Crippen LogP contribution < -0.4 is 0 Å². The lowest BCUT2D eigenvalue weighted by Crippen LogP contribution is -2.49. The van der Waals surface area contributed by atoms with Gasteiger partial charge in [-0.3, -0.25) is 9.69 Å². The van der Waals surface area contributed by atoms with Crippen LogP contribution in [0.5, 0.6) is 0 Å². The van der Waals surface area contributed by atoms with Crippen LogP contribution in [0.15, 0.2) is 24.3 Å². The van der Waals surface area contributed by atoms with Gasteiger partial charge in [0.25, 0.3) is 0 Å². The number of piperazine rings is 1. The molecular formula is C17H21F3N2O2. The number of benzene rings is 1. The van der Waals surface area contributed by atoms with Crippen LogP contribution in [-0.4, -0.2) is 60.1 Å². The molecule has 24 heavy (non-hydrogen) atoms. The summed E-state index contributed by atoms with van der Waals surface area (Å²) in [5.74, 6) is 0.0323. The van der Waals surface area contributed by atoms with Crippen molar-refractivity contribution in [3.63, 3.8) is 0 Å². The fourth-order valence-corrected chi connectivity index (χ4v) is 3.32. The zero-order chi connectivity index (χ0) is 17.3. The topological polar surface area (TPSA) is 43.8 Å². The third kappa shape index (κ3) is 3.72. The van der Waals surface area contributed by atoms with Crippen molar-refractivity contribution in [2.75, 3.05) is 39.3 Å². The van der Waals surface area contributed by atoms with Gasteiger partial charge in [0.15, 0.2) is 0 Å². The lowest BCUT2D eigenvalue weighted by Gasteiger charge is -2.34. The summed E-state index contributed by atoms with van der Waals surface area (Å²) >= 11 is 0. The lowest BCUT2D eigenvalue weighted by atomic mass is 10.1. The summed E-state index contributed by atoms with van der Waals surface area (Å²) in [5, 5.41) is 8.93. The Hall–Kier alpha value is -1.60. The molecule has 1 aromatic rings. The summed E-state index contributed by atoms with van der Waals surface area (Å²) in [5.41, 5.74) is 0.148. The molecule has 132 valence electrons. The van der Waals surface area contributed by atoms with Gasteiger partial charge in [0.1, 0.15) is 0 Å². The molecule has 2 unspecified atom stereocenters. The molecule has 1 aliphatic carbocycles. The maximum Gasteiger partial charge on any atom is 0.416 e. The molecule has 0 aromatic heterocycles. The highest BCUT2D eigenvalue weighted by Gasteiger charge is 2.46. The van der Waals surface area contributed by atoms with E-state index < -0.39 is 11.7 Å². The van der Waals surface area contributed by atoms with Crippen LogP contribution in [0.4, 0.5) is 13.2 Å². The molecule has 1 saturated carbocycles. The summed E-state index contributed by atoms with van der Waals surface area (Å²) in [6, 6.07) is 5.14. The molecule has 1 N–H and O–H groups in total. The van der Waals surface area contributed by atoms with E-state index in [4.69, 9.17) is 5.11 Å². The first-order valence-electron chi connectivity index (χ1n) is 8.19. The summed E-state index contributed by atoms with van der Waals surface area (Å²) in [4.78, 5) is 16.5. The maximum atomic E-state index is 12.6. The number of hydrogen-bond acceptors (Lipinski definition) is 3. The molecule has 0 spiro atoms. The van der Waals surface area contributed by atoms with E-state index in [-0.39, 0.29) is 24.3 Å². The second-order valence-corrected chi connectivity index (χ2v) is 6.46. The molecule has 1 heterocycles. The van der Waals surface area contributed by atoms with Gasteiger partial charge in [0.2, 0.25) is 5.91 Å². The summed E-state index contributed by atoms with van der Waals surface area (Å²) in [6.07, 6.45) is -3.62. The molecule has 3 rings (SSSR count). The van der Waals surface area contributed by atoms with Gasteiger partial charge in [0.05, 0.1) is 12.2 Å². The number of amides is 1. The number of alkyl halides is 3. The first kappa shape index (κ1) is 17.2. The first-order valence-corrected chi connectivity index (χ1v) is 8.19. The van der Waals surface area contributed by atoms with Crippen LogP contribution in [0, 0.1) is 5.92 Å². The van der Waals surface area contributed by atoms with Crippen molar-refractivity contribution in [3.05, 3.63) is 35.4 Å². The van der Waals surface area contributed by atoms with E-state index in [9.17, 15) is 18.0 Å². The lowest BCUT2D eigenvalue weighted by molar-refractivity contribution is -0.137. The van der Waals surface area contributed by atoms with Gasteiger partial charge in [-0.15, -0.1) is 0 Å². The zero-order valence-electron chi connectivity index (χ0n) is 13.3. The molecule has 1 amide bonds. The van der Waals surface area contributed by atoms with Crippen molar-refractivity contribution >= 4 is 5.91 Å². The van der Waals surface area contributed by atoms with Crippen molar-refractivity contribution < 1.29 is 23.1 Å². The summed E-state index contributed by atoms with van der Waals surface area (Å²) in [7, 11) is 0. The standard InChI is InChI=1S/C17H21F3N2O2/c18-17(19,20)13-3-1-12(2-4-13)14-11-15(14)16(24)22-7-5-21(6-8-22)9-10-23/h1-4,14-15,23H,5-11H2. The van der Waals surface area contributed by atoms with Crippen molar-refractivity contribution in [2.24, 2.45) is 5.92 Å². The number of aliphatic hydroxyl groups is 1. The average molecular weight is 342 g/mol. The first-order chi connectivity index (χ1) is 11.4. The number of rotatable bonds is 4. The van der Waals surface area contributed by atoms with Crippen LogP contribution in [0.1, 0.15) is 23.5 Å². The van der Waals surface area contributed by atoms with E-state index in [1.54, 1.807) is 0 Å². The van der Waals surface area contributed by atoms with Gasteiger partial charge in [-0.25, -0.2) is 0 Å². The average Bonchev–Trinajstić information content (AvgIpc) is 3.35. The molecule has 2 aliphatic rings. The smallest absolute Gasteiger partial charge is 0.395 e. The Labute approximate surface area is 138 Å². The van der Waals surface area contributed by atoms with Crippen molar-refractivity contribution in [3.8, 4) is 0 Å². The quantitative estimate of drug-likeness (QED) is 0.910. The number of carbonyl (C=O) groups excluding carboxylic acids is 1. The number of aliphatic hydroxyl groups excluding tert-OH is 1. The van der Waals surface area contributed by atoms with Crippen LogP contribution in [0.2, 0.25) is 0 Å². The number of carbonyl (C=O) groups is 1. The van der Waals surface area contributed by atoms with Gasteiger partial charge in [0, 0.05) is 38.6 Å². The van der Waals surface area contributed by atoms with E-state index in [2.05, 4.69) is 4.90 Å². The number of halogens is 3. The number of β-amino-alcohol motifs (C(OH)–C–C–N with tert-alkyl or cyclic N) is 1. The Bertz CT molecular complexity index is 580. The molecule has 2 fully saturated rings. The summed E-state index contributed by atoms with van der Waals surface area (Å²) < 4.78 is 37.8. The van der Waals surface area contributed by atoms with Crippen LogP contribution in [0.3, 0.4) is 0 Å². The number of hydrogen-bond donors (Lipinski definition) is 1. The second kappa shape index (κ2) is 6.72. The normalized spacial score (nSPS) is 24.9. The minimum absolute atomic E-state index is 0.0373. The monoisotopic (exact) mass is 342 g/mol. The van der Waals surface area contributed by atoms with E-state index in [1.807, 2.05) is 4.90 Å². The zero-order valence-corrected chi connectivity index (χ0v) is 13.3. The SMILES string of the molecule is O=C(C1CC1c1ccc(C(F)(F)F)cc1)N1CCN(CCO)CC1. The van der Waals surface area contributed by atoms with Crippen molar-refractivity contribution in [1.82, 2.24) is 9.80 Å². The van der Waals surface area contributed by atoms with Crippen molar-refractivity contribution in [2.45, 2.75) is 18.5 Å². The van der Waals surface area contributed by atoms with E-state index in [0.717, 1.165) is 30.8 Å². The highest BCUT2D eigenvalue weighted by Crippen LogP contribution is 2.48. The van der Waals surface area contributed by atoms with Crippen molar-refractivity contribution in [1.29, 1.82) is 0 Å². The summed E-state index contributed by atoms with van der Waals surface area (Å²) in [6.45, 7) is 3.55. The highest BCUT2D eigenvalue weighted by atomic mass is 19.4. The predicted octanol–water partition coefficient (Wildman–Crippen LogP) is 1.95. The Morgan fingerprint density at radius 1 is 1.12 bits per heavy atom. The Morgan fingerprint density at radius 3 is 2.29 bits per heavy atom. The predicted molar refractivity (Wildman–Crippen MR) is 82.4 cm³/mol. The van der Waals surface area contributed by atoms with Crippen LogP contribution >= 0.6 is 0 Å². The third-order valence-corrected chi connectivity index (χ3v) is 4.87. The maximum absolute atomic E-state index is 12.6. The molecule has 4 nitrogen and oxygen atoms in total. The highest BCUT2D eigenvalue weighted by molar-refractivity contribution is 5.83. The molecular weight excluding hydrogens is 321 g/mol. The van der Waals surface area contributed by atoms with Crippen LogP contribution in [-0.2, 0) is 11.0 Å². The van der Waals surface area contributed by atoms with Gasteiger partial charge >= 0.3 is 6.18 Å². The van der Waals surface area contributed by atoms with E-state index in [0.29, 0.717) is 26.1 Å². The van der Waals surface area contributed by atoms with Crippen LogP contribution in [0.25, 0.3) is 0 Å². The molecule has 0 bridgehead atoms. The Morgan fingerprint density at radius 2 is 1.75 bits per heavy atom. The molecule has 0 radical (unpaired) electrons. The molecule has 1 aromatic carbocycles. The van der Waals surface area contributed by atoms with E-state index in [1.165, 1.54) is 12.1 Å². The molecule has 7 heteroatoms. The minimum atomic E-state index is -4.33. The number of nitrogens with zero attached hydrogens (tertiary/aromatic N) is 2. The Kier molecular flexibility index (Phi) is 4.83. The van der Waals surface area contributed by atoms with Gasteiger partial charge in [-0.2, -0.15) is 13.2 Å². The fraction of sp³-hybridized carbons (Fsp3) is 0.588. The van der Waals surface area contributed by atoms with Gasteiger partial charge in [-0.1, -0.05) is 12.1 Å². The fourth-order valence-electron chi connectivity index (χ4n) is 3.32. The molecule has 1 saturated heterocycles. The van der Waals surface area contributed by atoms with Gasteiger partial charge in [-0.05, 0) is 30.0 Å². The van der Waals surface area contributed by atoms with E-state index >= 15 is 0 Å².